The van der Waals surface area contributed by atoms with Gasteiger partial charge in [0.15, 0.2) is 0 Å². The van der Waals surface area contributed by atoms with Gasteiger partial charge in [-0.25, -0.2) is 0 Å². The highest BCUT2D eigenvalue weighted by Gasteiger charge is 2.25. The number of carbonyl (C=O) groups is 2. The Morgan fingerprint density at radius 1 is 1.14 bits per heavy atom. The summed E-state index contributed by atoms with van der Waals surface area (Å²) in [6.45, 7) is 10.6. The molecule has 5 heteroatoms. The van der Waals surface area contributed by atoms with Crippen LogP contribution in [0.3, 0.4) is 0 Å². The van der Waals surface area contributed by atoms with Gasteiger partial charge in [0.2, 0.25) is 5.91 Å². The summed E-state index contributed by atoms with van der Waals surface area (Å²) in [4.78, 5) is 22.5. The van der Waals surface area contributed by atoms with Gasteiger partial charge in [-0.15, -0.1) is 0 Å². The minimum atomic E-state index is -0.768. The van der Waals surface area contributed by atoms with Gasteiger partial charge in [0.25, 0.3) is 0 Å². The highest BCUT2D eigenvalue weighted by atomic mass is 16.5. The number of aliphatic carboxylic acids is 1. The molecule has 0 aromatic carbocycles. The molecule has 124 valence electrons. The first-order chi connectivity index (χ1) is 9.48. The number of nitrogens with one attached hydrogen (secondary N) is 1. The van der Waals surface area contributed by atoms with Crippen molar-refractivity contribution in [3.05, 3.63) is 0 Å². The molecule has 5 nitrogen and oxygen atoms in total. The van der Waals surface area contributed by atoms with E-state index >= 15 is 0 Å². The van der Waals surface area contributed by atoms with Gasteiger partial charge in [0.05, 0.1) is 12.0 Å². The van der Waals surface area contributed by atoms with Gasteiger partial charge in [0.1, 0.15) is 0 Å². The van der Waals surface area contributed by atoms with Gasteiger partial charge in [-0.3, -0.25) is 9.59 Å². The van der Waals surface area contributed by atoms with E-state index in [4.69, 9.17) is 9.84 Å². The van der Waals surface area contributed by atoms with E-state index in [1.54, 1.807) is 7.11 Å². The number of hydrogen-bond donors (Lipinski definition) is 2. The quantitative estimate of drug-likeness (QED) is 0.686. The van der Waals surface area contributed by atoms with Gasteiger partial charge in [-0.1, -0.05) is 20.8 Å². The van der Waals surface area contributed by atoms with Crippen LogP contribution in [0.15, 0.2) is 0 Å². The highest BCUT2D eigenvalue weighted by Crippen LogP contribution is 2.32. The zero-order chi connectivity index (χ0) is 16.7. The van der Waals surface area contributed by atoms with Crippen LogP contribution < -0.4 is 5.32 Å². The molecule has 0 heterocycles. The SMILES string of the molecule is COC(C)(C)CC(=O)NCCC(CCC(=O)O)C(C)(C)C. The Morgan fingerprint density at radius 3 is 2.14 bits per heavy atom. The van der Waals surface area contributed by atoms with Crippen LogP contribution in [0.4, 0.5) is 0 Å². The molecule has 1 unspecified atom stereocenters. The fraction of sp³-hybridized carbons (Fsp3) is 0.875. The summed E-state index contributed by atoms with van der Waals surface area (Å²) >= 11 is 0. The van der Waals surface area contributed by atoms with E-state index in [0.29, 0.717) is 19.4 Å². The Hall–Kier alpha value is -1.10. The standard InChI is InChI=1S/C16H31NO4/c1-15(2,3)12(7-8-14(19)20)9-10-17-13(18)11-16(4,5)21-6/h12H,7-11H2,1-6H3,(H,17,18)(H,19,20). The van der Waals surface area contributed by atoms with Crippen LogP contribution >= 0.6 is 0 Å². The van der Waals surface area contributed by atoms with Crippen LogP contribution in [0.1, 0.15) is 60.3 Å². The van der Waals surface area contributed by atoms with Crippen molar-refractivity contribution in [1.29, 1.82) is 0 Å². The average Bonchev–Trinajstić information content (AvgIpc) is 2.31. The fourth-order valence-electron chi connectivity index (χ4n) is 2.22. The van der Waals surface area contributed by atoms with E-state index in [1.807, 2.05) is 13.8 Å². The smallest absolute Gasteiger partial charge is 0.303 e. The molecule has 0 aliphatic carbocycles. The molecule has 0 bridgehead atoms. The van der Waals surface area contributed by atoms with Gasteiger partial charge in [-0.05, 0) is 38.0 Å². The number of carboxylic acid groups (broad SMARTS) is 1. The zero-order valence-corrected chi connectivity index (χ0v) is 14.3. The van der Waals surface area contributed by atoms with Crippen molar-refractivity contribution >= 4 is 11.9 Å². The minimum absolute atomic E-state index is 0.0337. The molecule has 0 radical (unpaired) electrons. The topological polar surface area (TPSA) is 75.6 Å². The molecule has 0 aromatic rings. The molecule has 21 heavy (non-hydrogen) atoms. The van der Waals surface area contributed by atoms with Crippen LogP contribution in [0.2, 0.25) is 0 Å². The van der Waals surface area contributed by atoms with Crippen LogP contribution in [-0.2, 0) is 14.3 Å². The third kappa shape index (κ3) is 9.45. The van der Waals surface area contributed by atoms with Gasteiger partial charge < -0.3 is 15.2 Å². The molecule has 1 atom stereocenters. The summed E-state index contributed by atoms with van der Waals surface area (Å²) in [5, 5.41) is 11.7. The number of amides is 1. The summed E-state index contributed by atoms with van der Waals surface area (Å²) in [6, 6.07) is 0. The van der Waals surface area contributed by atoms with Gasteiger partial charge >= 0.3 is 5.97 Å². The molecular formula is C16H31NO4. The largest absolute Gasteiger partial charge is 0.481 e. The predicted octanol–water partition coefficient (Wildman–Crippen LogP) is 2.83. The average molecular weight is 301 g/mol. The van der Waals surface area contributed by atoms with Crippen molar-refractivity contribution in [3.63, 3.8) is 0 Å². The Kier molecular flexibility index (Phi) is 7.93. The maximum absolute atomic E-state index is 11.8. The Bertz CT molecular complexity index is 345. The first-order valence-corrected chi connectivity index (χ1v) is 7.51. The summed E-state index contributed by atoms with van der Waals surface area (Å²) in [5.41, 5.74) is -0.428. The molecule has 0 aromatic heterocycles. The Morgan fingerprint density at radius 2 is 1.71 bits per heavy atom. The third-order valence-electron chi connectivity index (χ3n) is 3.89. The molecule has 0 rings (SSSR count). The molecular weight excluding hydrogens is 270 g/mol. The number of ether oxygens (including phenoxy) is 1. The summed E-state index contributed by atoms with van der Waals surface area (Å²) < 4.78 is 5.23. The molecule has 0 fully saturated rings. The zero-order valence-electron chi connectivity index (χ0n) is 14.3. The Labute approximate surface area is 128 Å². The van der Waals surface area contributed by atoms with Crippen LogP contribution in [0, 0.1) is 11.3 Å². The lowest BCUT2D eigenvalue weighted by Crippen LogP contribution is -2.35. The van der Waals surface area contributed by atoms with E-state index in [-0.39, 0.29) is 23.7 Å². The highest BCUT2D eigenvalue weighted by molar-refractivity contribution is 5.76. The molecule has 2 N–H and O–H groups in total. The molecule has 0 saturated carbocycles. The summed E-state index contributed by atoms with van der Waals surface area (Å²) in [7, 11) is 1.59. The summed E-state index contributed by atoms with van der Waals surface area (Å²) in [5.74, 6) is -0.535. The molecule has 0 spiro atoms. The Balaban J connectivity index is 4.25. The number of rotatable bonds is 9. The number of hydrogen-bond acceptors (Lipinski definition) is 3. The van der Waals surface area contributed by atoms with Gasteiger partial charge in [0, 0.05) is 20.1 Å². The summed E-state index contributed by atoms with van der Waals surface area (Å²) in [6.07, 6.45) is 1.92. The van der Waals surface area contributed by atoms with Crippen molar-refractivity contribution in [3.8, 4) is 0 Å². The second kappa shape index (κ2) is 8.37. The number of methoxy groups -OCH3 is 1. The molecule has 0 aliphatic rings. The normalized spacial score (nSPS) is 13.8. The first kappa shape index (κ1) is 19.9. The van der Waals surface area contributed by atoms with Crippen LogP contribution in [0.5, 0.6) is 0 Å². The van der Waals surface area contributed by atoms with Crippen molar-refractivity contribution in [2.45, 2.75) is 65.9 Å². The minimum Gasteiger partial charge on any atom is -0.481 e. The third-order valence-corrected chi connectivity index (χ3v) is 3.89. The van der Waals surface area contributed by atoms with E-state index in [9.17, 15) is 9.59 Å². The fourth-order valence-corrected chi connectivity index (χ4v) is 2.22. The van der Waals surface area contributed by atoms with Crippen molar-refractivity contribution in [1.82, 2.24) is 5.32 Å². The van der Waals surface area contributed by atoms with E-state index in [0.717, 1.165) is 6.42 Å². The lowest BCUT2D eigenvalue weighted by Gasteiger charge is -2.30. The number of carboxylic acids is 1. The second-order valence-electron chi connectivity index (χ2n) is 7.27. The molecule has 1 amide bonds. The van der Waals surface area contributed by atoms with Crippen molar-refractivity contribution in [2.24, 2.45) is 11.3 Å². The van der Waals surface area contributed by atoms with Crippen LogP contribution in [0.25, 0.3) is 0 Å². The van der Waals surface area contributed by atoms with E-state index < -0.39 is 11.6 Å². The monoisotopic (exact) mass is 301 g/mol. The van der Waals surface area contributed by atoms with Crippen LogP contribution in [-0.4, -0.2) is 36.2 Å². The maximum Gasteiger partial charge on any atom is 0.303 e. The van der Waals surface area contributed by atoms with E-state index in [1.165, 1.54) is 0 Å². The lowest BCUT2D eigenvalue weighted by molar-refractivity contribution is -0.137. The lowest BCUT2D eigenvalue weighted by atomic mass is 9.76. The maximum atomic E-state index is 11.8. The second-order valence-corrected chi connectivity index (χ2v) is 7.27. The number of carbonyl (C=O) groups excluding carboxylic acids is 1. The van der Waals surface area contributed by atoms with Crippen molar-refractivity contribution in [2.75, 3.05) is 13.7 Å². The first-order valence-electron chi connectivity index (χ1n) is 7.51. The predicted molar refractivity (Wildman–Crippen MR) is 83.1 cm³/mol. The van der Waals surface area contributed by atoms with E-state index in [2.05, 4.69) is 26.1 Å². The molecule has 0 aliphatic heterocycles. The van der Waals surface area contributed by atoms with Gasteiger partial charge in [-0.2, -0.15) is 0 Å². The molecule has 0 saturated heterocycles. The van der Waals surface area contributed by atoms with Crippen molar-refractivity contribution < 1.29 is 19.4 Å².